The van der Waals surface area contributed by atoms with Gasteiger partial charge < -0.3 is 14.8 Å². The van der Waals surface area contributed by atoms with Crippen molar-refractivity contribution in [3.63, 3.8) is 0 Å². The van der Waals surface area contributed by atoms with Gasteiger partial charge in [-0.2, -0.15) is 13.2 Å². The van der Waals surface area contributed by atoms with E-state index in [2.05, 4.69) is 14.8 Å². The van der Waals surface area contributed by atoms with Gasteiger partial charge in [0.25, 0.3) is 0 Å². The van der Waals surface area contributed by atoms with Crippen LogP contribution in [0.4, 0.5) is 18.0 Å². The highest BCUT2D eigenvalue weighted by atomic mass is 19.4. The van der Waals surface area contributed by atoms with Gasteiger partial charge in [-0.25, -0.2) is 4.79 Å². The zero-order valence-electron chi connectivity index (χ0n) is 7.69. The number of ether oxygens (including phenoxy) is 2. The number of amides is 1. The van der Waals surface area contributed by atoms with Crippen LogP contribution in [0.5, 0.6) is 0 Å². The fourth-order valence-corrected chi connectivity index (χ4v) is 0.605. The number of alkyl carbamates (subject to hydrolysis) is 1. The van der Waals surface area contributed by atoms with E-state index in [1.54, 1.807) is 0 Å². The molecule has 0 aromatic rings. The molecule has 0 aliphatic carbocycles. The van der Waals surface area contributed by atoms with E-state index in [4.69, 9.17) is 0 Å². The minimum absolute atomic E-state index is 0.227. The predicted molar refractivity (Wildman–Crippen MR) is 41.9 cm³/mol. The van der Waals surface area contributed by atoms with Gasteiger partial charge in [0.05, 0.1) is 0 Å². The molecule has 1 N–H and O–H groups in total. The van der Waals surface area contributed by atoms with E-state index in [-0.39, 0.29) is 6.54 Å². The lowest BCUT2D eigenvalue weighted by atomic mass is 10.4. The molecule has 0 bridgehead atoms. The molecule has 0 fully saturated rings. The Balaban J connectivity index is 3.38. The number of halogens is 3. The van der Waals surface area contributed by atoms with Gasteiger partial charge in [-0.05, 0) is 6.42 Å². The SMILES string of the molecule is COCCCNC(=O)OCC(F)(F)F. The lowest BCUT2D eigenvalue weighted by Gasteiger charge is -2.08. The summed E-state index contributed by atoms with van der Waals surface area (Å²) in [5.41, 5.74) is 0. The van der Waals surface area contributed by atoms with Crippen molar-refractivity contribution in [1.82, 2.24) is 5.32 Å². The summed E-state index contributed by atoms with van der Waals surface area (Å²) in [5.74, 6) is 0. The second-order valence-electron chi connectivity index (χ2n) is 2.46. The van der Waals surface area contributed by atoms with Crippen LogP contribution in [0.1, 0.15) is 6.42 Å². The van der Waals surface area contributed by atoms with Crippen LogP contribution >= 0.6 is 0 Å². The van der Waals surface area contributed by atoms with Crippen LogP contribution in [-0.2, 0) is 9.47 Å². The van der Waals surface area contributed by atoms with E-state index >= 15 is 0 Å². The second-order valence-corrected chi connectivity index (χ2v) is 2.46. The first-order valence-electron chi connectivity index (χ1n) is 3.92. The average molecular weight is 215 g/mol. The molecule has 84 valence electrons. The largest absolute Gasteiger partial charge is 0.440 e. The van der Waals surface area contributed by atoms with Gasteiger partial charge in [0.2, 0.25) is 0 Å². The predicted octanol–water partition coefficient (Wildman–Crippen LogP) is 1.31. The maximum absolute atomic E-state index is 11.5. The summed E-state index contributed by atoms with van der Waals surface area (Å²) in [7, 11) is 1.49. The molecule has 0 saturated carbocycles. The number of nitrogens with one attached hydrogen (secondary N) is 1. The Hall–Kier alpha value is -0.980. The Morgan fingerprint density at radius 2 is 2.07 bits per heavy atom. The molecule has 0 aromatic heterocycles. The van der Waals surface area contributed by atoms with Crippen LogP contribution in [0, 0.1) is 0 Å². The summed E-state index contributed by atoms with van der Waals surface area (Å²) in [6, 6.07) is 0. The molecule has 4 nitrogen and oxygen atoms in total. The molecule has 0 heterocycles. The van der Waals surface area contributed by atoms with Crippen LogP contribution in [0.2, 0.25) is 0 Å². The third-order valence-corrected chi connectivity index (χ3v) is 1.16. The summed E-state index contributed by atoms with van der Waals surface area (Å²) < 4.78 is 43.1. The minimum atomic E-state index is -4.48. The number of hydrogen-bond acceptors (Lipinski definition) is 3. The molecule has 0 saturated heterocycles. The maximum Gasteiger partial charge on any atom is 0.422 e. The van der Waals surface area contributed by atoms with Crippen molar-refractivity contribution < 1.29 is 27.4 Å². The first kappa shape index (κ1) is 13.0. The number of hydrogen-bond donors (Lipinski definition) is 1. The van der Waals surface area contributed by atoms with E-state index in [1.807, 2.05) is 0 Å². The van der Waals surface area contributed by atoms with Gasteiger partial charge in [-0.1, -0.05) is 0 Å². The second kappa shape index (κ2) is 6.47. The summed E-state index contributed by atoms with van der Waals surface area (Å²) in [4.78, 5) is 10.6. The van der Waals surface area contributed by atoms with Crippen molar-refractivity contribution in [2.75, 3.05) is 26.9 Å². The molecule has 0 aromatic carbocycles. The Morgan fingerprint density at radius 1 is 1.43 bits per heavy atom. The summed E-state index contributed by atoms with van der Waals surface area (Å²) in [6.07, 6.45) is -5.03. The van der Waals surface area contributed by atoms with Crippen molar-refractivity contribution in [1.29, 1.82) is 0 Å². The molecule has 0 aliphatic heterocycles. The summed E-state index contributed by atoms with van der Waals surface area (Å²) in [6.45, 7) is -0.910. The quantitative estimate of drug-likeness (QED) is 0.703. The normalized spacial score (nSPS) is 11.1. The smallest absolute Gasteiger partial charge is 0.422 e. The van der Waals surface area contributed by atoms with Crippen molar-refractivity contribution in [2.24, 2.45) is 0 Å². The molecular weight excluding hydrogens is 203 g/mol. The lowest BCUT2D eigenvalue weighted by molar-refractivity contribution is -0.160. The number of carbonyl (C=O) groups excluding carboxylic acids is 1. The van der Waals surface area contributed by atoms with E-state index in [1.165, 1.54) is 7.11 Å². The van der Waals surface area contributed by atoms with Gasteiger partial charge in [0, 0.05) is 20.3 Å². The standard InChI is InChI=1S/C7H12F3NO3/c1-13-4-2-3-11-6(12)14-5-7(8,9)10/h2-5H2,1H3,(H,11,12). The lowest BCUT2D eigenvalue weighted by Crippen LogP contribution is -2.30. The molecule has 1 amide bonds. The maximum atomic E-state index is 11.5. The Morgan fingerprint density at radius 3 is 2.57 bits per heavy atom. The molecule has 0 radical (unpaired) electrons. The number of alkyl halides is 3. The number of methoxy groups -OCH3 is 1. The van der Waals surface area contributed by atoms with Crippen molar-refractivity contribution in [3.05, 3.63) is 0 Å². The number of carbonyl (C=O) groups is 1. The van der Waals surface area contributed by atoms with Crippen LogP contribution in [-0.4, -0.2) is 39.1 Å². The third kappa shape index (κ3) is 9.11. The molecule has 0 spiro atoms. The Labute approximate surface area is 79.4 Å². The molecular formula is C7H12F3NO3. The summed E-state index contributed by atoms with van der Waals surface area (Å²) >= 11 is 0. The zero-order chi connectivity index (χ0) is 11.0. The molecule has 14 heavy (non-hydrogen) atoms. The highest BCUT2D eigenvalue weighted by Gasteiger charge is 2.29. The van der Waals surface area contributed by atoms with Gasteiger partial charge >= 0.3 is 12.3 Å². The summed E-state index contributed by atoms with van der Waals surface area (Å²) in [5, 5.41) is 2.15. The van der Waals surface area contributed by atoms with Crippen LogP contribution in [0.15, 0.2) is 0 Å². The van der Waals surface area contributed by atoms with E-state index < -0.39 is 18.9 Å². The fraction of sp³-hybridized carbons (Fsp3) is 0.857. The minimum Gasteiger partial charge on any atom is -0.440 e. The molecule has 0 unspecified atom stereocenters. The van der Waals surface area contributed by atoms with E-state index in [0.29, 0.717) is 13.0 Å². The van der Waals surface area contributed by atoms with Crippen molar-refractivity contribution in [2.45, 2.75) is 12.6 Å². The van der Waals surface area contributed by atoms with Crippen LogP contribution < -0.4 is 5.32 Å². The molecule has 0 rings (SSSR count). The van der Waals surface area contributed by atoms with Crippen LogP contribution in [0.3, 0.4) is 0 Å². The zero-order valence-corrected chi connectivity index (χ0v) is 7.69. The van der Waals surface area contributed by atoms with E-state index in [9.17, 15) is 18.0 Å². The van der Waals surface area contributed by atoms with Gasteiger partial charge in [0.1, 0.15) is 0 Å². The number of rotatable bonds is 5. The Kier molecular flexibility index (Phi) is 6.02. The topological polar surface area (TPSA) is 47.6 Å². The molecule has 7 heteroatoms. The highest BCUT2D eigenvalue weighted by Crippen LogP contribution is 2.14. The van der Waals surface area contributed by atoms with Gasteiger partial charge in [-0.3, -0.25) is 0 Å². The van der Waals surface area contributed by atoms with Gasteiger partial charge in [0.15, 0.2) is 6.61 Å². The average Bonchev–Trinajstić information content (AvgIpc) is 2.08. The molecule has 0 atom stereocenters. The monoisotopic (exact) mass is 215 g/mol. The van der Waals surface area contributed by atoms with E-state index in [0.717, 1.165) is 0 Å². The van der Waals surface area contributed by atoms with Crippen molar-refractivity contribution in [3.8, 4) is 0 Å². The highest BCUT2D eigenvalue weighted by molar-refractivity contribution is 5.67. The fourth-order valence-electron chi connectivity index (χ4n) is 0.605. The molecule has 0 aliphatic rings. The Bertz CT molecular complexity index is 172. The first-order chi connectivity index (χ1) is 6.45. The van der Waals surface area contributed by atoms with Crippen LogP contribution in [0.25, 0.3) is 0 Å². The van der Waals surface area contributed by atoms with Crippen molar-refractivity contribution >= 4 is 6.09 Å². The van der Waals surface area contributed by atoms with Gasteiger partial charge in [-0.15, -0.1) is 0 Å². The first-order valence-corrected chi connectivity index (χ1v) is 3.92. The third-order valence-electron chi connectivity index (χ3n) is 1.16.